The molecule has 0 unspecified atom stereocenters. The molecule has 7 heteroatoms. The third kappa shape index (κ3) is 3.96. The number of ether oxygens (including phenoxy) is 2. The van der Waals surface area contributed by atoms with Crippen LogP contribution in [-0.4, -0.2) is 58.8 Å². The standard InChI is InChI=1S/C17H26N2O5/c1-9-6-19(7-10(2)24-9)14(21)8-23-17(22)16-11(3)15(13(5)20)12(4)18-16/h9-10,13,18,20H,6-8H2,1-5H3/t9-,10+,13-/m1/s1. The number of rotatable bonds is 4. The van der Waals surface area contributed by atoms with Gasteiger partial charge in [0.05, 0.1) is 18.3 Å². The predicted molar refractivity (Wildman–Crippen MR) is 87.8 cm³/mol. The Morgan fingerprint density at radius 1 is 1.33 bits per heavy atom. The summed E-state index contributed by atoms with van der Waals surface area (Å²) >= 11 is 0. The SMILES string of the molecule is Cc1[nH]c(C(=O)OCC(=O)N2C[C@@H](C)O[C@@H](C)C2)c(C)c1[C@@H](C)O. The minimum atomic E-state index is -0.680. The van der Waals surface area contributed by atoms with Gasteiger partial charge in [0.15, 0.2) is 6.61 Å². The van der Waals surface area contributed by atoms with E-state index in [1.807, 2.05) is 13.8 Å². The van der Waals surface area contributed by atoms with Crippen LogP contribution in [-0.2, 0) is 14.3 Å². The van der Waals surface area contributed by atoms with Crippen LogP contribution in [0.3, 0.4) is 0 Å². The lowest BCUT2D eigenvalue weighted by molar-refractivity contribution is -0.146. The number of hydrogen-bond donors (Lipinski definition) is 2. The van der Waals surface area contributed by atoms with E-state index in [2.05, 4.69) is 4.98 Å². The van der Waals surface area contributed by atoms with Gasteiger partial charge in [-0.3, -0.25) is 4.79 Å². The van der Waals surface area contributed by atoms with E-state index >= 15 is 0 Å². The number of hydrogen-bond acceptors (Lipinski definition) is 5. The summed E-state index contributed by atoms with van der Waals surface area (Å²) in [5.41, 5.74) is 2.33. The average Bonchev–Trinajstić information content (AvgIpc) is 2.78. The first-order chi connectivity index (χ1) is 11.2. The maximum absolute atomic E-state index is 12.2. The summed E-state index contributed by atoms with van der Waals surface area (Å²) in [6.07, 6.45) is -0.744. The largest absolute Gasteiger partial charge is 0.451 e. The molecule has 0 aliphatic carbocycles. The summed E-state index contributed by atoms with van der Waals surface area (Å²) in [5.74, 6) is -0.827. The average molecular weight is 338 g/mol. The first kappa shape index (κ1) is 18.5. The topological polar surface area (TPSA) is 91.9 Å². The Balaban J connectivity index is 1.98. The van der Waals surface area contributed by atoms with Gasteiger partial charge in [-0.25, -0.2) is 4.79 Å². The lowest BCUT2D eigenvalue weighted by atomic mass is 10.1. The number of aromatic amines is 1. The second-order valence-electron chi connectivity index (χ2n) is 6.47. The molecule has 1 aliphatic rings. The summed E-state index contributed by atoms with van der Waals surface area (Å²) in [7, 11) is 0. The predicted octanol–water partition coefficient (Wildman–Crippen LogP) is 1.48. The molecule has 2 rings (SSSR count). The van der Waals surface area contributed by atoms with Gasteiger partial charge in [-0.05, 0) is 40.2 Å². The van der Waals surface area contributed by atoms with E-state index in [1.54, 1.807) is 25.7 Å². The fraction of sp³-hybridized carbons (Fsp3) is 0.647. The van der Waals surface area contributed by atoms with Crippen LogP contribution in [0, 0.1) is 13.8 Å². The van der Waals surface area contributed by atoms with Crippen LogP contribution in [0.5, 0.6) is 0 Å². The van der Waals surface area contributed by atoms with Gasteiger partial charge in [-0.2, -0.15) is 0 Å². The van der Waals surface area contributed by atoms with E-state index in [-0.39, 0.29) is 30.4 Å². The maximum atomic E-state index is 12.2. The van der Waals surface area contributed by atoms with Crippen LogP contribution in [0.4, 0.5) is 0 Å². The van der Waals surface area contributed by atoms with Crippen LogP contribution in [0.2, 0.25) is 0 Å². The number of morpholine rings is 1. The Kier molecular flexibility index (Phi) is 5.66. The van der Waals surface area contributed by atoms with Crippen molar-refractivity contribution >= 4 is 11.9 Å². The van der Waals surface area contributed by atoms with Crippen LogP contribution >= 0.6 is 0 Å². The zero-order chi connectivity index (χ0) is 18.0. The van der Waals surface area contributed by atoms with Crippen molar-refractivity contribution in [2.75, 3.05) is 19.7 Å². The number of nitrogens with one attached hydrogen (secondary N) is 1. The molecule has 1 aliphatic heterocycles. The lowest BCUT2D eigenvalue weighted by Crippen LogP contribution is -2.49. The molecule has 0 spiro atoms. The van der Waals surface area contributed by atoms with E-state index in [9.17, 15) is 14.7 Å². The number of aryl methyl sites for hydroxylation is 1. The molecule has 2 N–H and O–H groups in total. The zero-order valence-electron chi connectivity index (χ0n) is 14.9. The fourth-order valence-electron chi connectivity index (χ4n) is 3.27. The summed E-state index contributed by atoms with van der Waals surface area (Å²) in [5, 5.41) is 9.77. The first-order valence-corrected chi connectivity index (χ1v) is 8.18. The molecule has 1 aromatic heterocycles. The number of esters is 1. The Labute approximate surface area is 141 Å². The van der Waals surface area contributed by atoms with Gasteiger partial charge in [0, 0.05) is 24.3 Å². The minimum absolute atomic E-state index is 0.0321. The minimum Gasteiger partial charge on any atom is -0.451 e. The number of aromatic nitrogens is 1. The Morgan fingerprint density at radius 3 is 2.42 bits per heavy atom. The van der Waals surface area contributed by atoms with Crippen molar-refractivity contribution in [1.29, 1.82) is 0 Å². The smallest absolute Gasteiger partial charge is 0.355 e. The van der Waals surface area contributed by atoms with Crippen molar-refractivity contribution in [3.63, 3.8) is 0 Å². The molecule has 134 valence electrons. The molecule has 7 nitrogen and oxygen atoms in total. The summed E-state index contributed by atoms with van der Waals surface area (Å²) in [6, 6.07) is 0. The molecule has 1 amide bonds. The molecular formula is C17H26N2O5. The van der Waals surface area contributed by atoms with Gasteiger partial charge >= 0.3 is 5.97 Å². The lowest BCUT2D eigenvalue weighted by Gasteiger charge is -2.35. The number of aliphatic hydroxyl groups excluding tert-OH is 1. The van der Waals surface area contributed by atoms with Gasteiger partial charge < -0.3 is 24.5 Å². The number of aliphatic hydroxyl groups is 1. The van der Waals surface area contributed by atoms with E-state index in [0.717, 1.165) is 5.69 Å². The molecule has 24 heavy (non-hydrogen) atoms. The van der Waals surface area contributed by atoms with Crippen molar-refractivity contribution in [3.05, 3.63) is 22.5 Å². The van der Waals surface area contributed by atoms with Crippen molar-refractivity contribution in [1.82, 2.24) is 9.88 Å². The Bertz CT molecular complexity index is 613. The van der Waals surface area contributed by atoms with Gasteiger partial charge in [0.2, 0.25) is 0 Å². The normalized spacial score (nSPS) is 22.3. The molecule has 0 aromatic carbocycles. The molecule has 0 saturated carbocycles. The summed E-state index contributed by atoms with van der Waals surface area (Å²) in [6.45, 7) is 9.67. The summed E-state index contributed by atoms with van der Waals surface area (Å²) < 4.78 is 10.7. The molecule has 2 heterocycles. The molecule has 1 saturated heterocycles. The number of nitrogens with zero attached hydrogens (tertiary/aromatic N) is 1. The van der Waals surface area contributed by atoms with E-state index in [1.165, 1.54) is 0 Å². The highest BCUT2D eigenvalue weighted by atomic mass is 16.5. The first-order valence-electron chi connectivity index (χ1n) is 8.18. The molecule has 0 radical (unpaired) electrons. The van der Waals surface area contributed by atoms with Crippen molar-refractivity contribution in [2.45, 2.75) is 52.9 Å². The number of carbonyl (C=O) groups is 2. The van der Waals surface area contributed by atoms with Gasteiger partial charge in [-0.1, -0.05) is 0 Å². The highest BCUT2D eigenvalue weighted by Gasteiger charge is 2.27. The highest BCUT2D eigenvalue weighted by molar-refractivity contribution is 5.91. The number of carbonyl (C=O) groups excluding carboxylic acids is 2. The van der Waals surface area contributed by atoms with Crippen LogP contribution in [0.25, 0.3) is 0 Å². The van der Waals surface area contributed by atoms with Crippen molar-refractivity contribution in [2.24, 2.45) is 0 Å². The third-order valence-corrected chi connectivity index (χ3v) is 4.22. The van der Waals surface area contributed by atoms with Crippen molar-refractivity contribution in [3.8, 4) is 0 Å². The van der Waals surface area contributed by atoms with E-state index in [4.69, 9.17) is 9.47 Å². The maximum Gasteiger partial charge on any atom is 0.355 e. The quantitative estimate of drug-likeness (QED) is 0.811. The second kappa shape index (κ2) is 7.36. The van der Waals surface area contributed by atoms with Gasteiger partial charge in [0.1, 0.15) is 5.69 Å². The van der Waals surface area contributed by atoms with E-state index in [0.29, 0.717) is 24.2 Å². The molecule has 1 fully saturated rings. The van der Waals surface area contributed by atoms with E-state index < -0.39 is 12.1 Å². The summed E-state index contributed by atoms with van der Waals surface area (Å²) in [4.78, 5) is 29.1. The Hall–Kier alpha value is -1.86. The molecular weight excluding hydrogens is 312 g/mol. The molecule has 3 atom stereocenters. The highest BCUT2D eigenvalue weighted by Crippen LogP contribution is 2.24. The fourth-order valence-corrected chi connectivity index (χ4v) is 3.27. The molecule has 1 aromatic rings. The van der Waals surface area contributed by atoms with Crippen LogP contribution in [0.1, 0.15) is 54.2 Å². The molecule has 0 bridgehead atoms. The number of amides is 1. The van der Waals surface area contributed by atoms with Crippen molar-refractivity contribution < 1.29 is 24.2 Å². The monoisotopic (exact) mass is 338 g/mol. The second-order valence-corrected chi connectivity index (χ2v) is 6.47. The van der Waals surface area contributed by atoms with Crippen LogP contribution in [0.15, 0.2) is 0 Å². The number of H-pyrrole nitrogens is 1. The van der Waals surface area contributed by atoms with Gasteiger partial charge in [-0.15, -0.1) is 0 Å². The van der Waals surface area contributed by atoms with Gasteiger partial charge in [0.25, 0.3) is 5.91 Å². The third-order valence-electron chi connectivity index (χ3n) is 4.22. The van der Waals surface area contributed by atoms with Crippen LogP contribution < -0.4 is 0 Å². The Morgan fingerprint density at radius 2 is 1.92 bits per heavy atom. The zero-order valence-corrected chi connectivity index (χ0v) is 14.9.